The highest BCUT2D eigenvalue weighted by Crippen LogP contribution is 2.22. The van der Waals surface area contributed by atoms with Crippen molar-refractivity contribution >= 4 is 9.84 Å². The van der Waals surface area contributed by atoms with Crippen molar-refractivity contribution in [2.45, 2.75) is 4.90 Å². The first-order chi connectivity index (χ1) is 10.4. The highest BCUT2D eigenvalue weighted by molar-refractivity contribution is 7.90. The fourth-order valence-corrected chi connectivity index (χ4v) is 2.71. The molecule has 3 rings (SSSR count). The van der Waals surface area contributed by atoms with E-state index < -0.39 is 15.5 Å². The molecule has 2 aromatic heterocycles. The first-order valence-electron chi connectivity index (χ1n) is 6.39. The van der Waals surface area contributed by atoms with Gasteiger partial charge in [0.15, 0.2) is 9.84 Å². The fraction of sp³-hybridized carbons (Fsp3) is 0.0667. The second kappa shape index (κ2) is 5.27. The first-order valence-corrected chi connectivity index (χ1v) is 8.28. The van der Waals surface area contributed by atoms with Crippen molar-refractivity contribution in [3.8, 4) is 16.9 Å². The average Bonchev–Trinajstić information content (AvgIpc) is 2.89. The van der Waals surface area contributed by atoms with E-state index in [1.54, 1.807) is 36.7 Å². The number of hydrogen-bond donors (Lipinski definition) is 0. The van der Waals surface area contributed by atoms with E-state index in [1.165, 1.54) is 22.9 Å². The Kier molecular flexibility index (Phi) is 3.42. The molecule has 7 heteroatoms. The summed E-state index contributed by atoms with van der Waals surface area (Å²) in [5.41, 5.74) is 1.41. The standard InChI is InChI=1S/C15H12N2O4S/c1-22(19,20)13-4-2-12(3-5-13)17-14(10-15(18)21-17)11-6-8-16-9-7-11/h2-10H,1H3. The van der Waals surface area contributed by atoms with E-state index in [0.29, 0.717) is 11.4 Å². The number of rotatable bonds is 3. The molecule has 0 fully saturated rings. The zero-order chi connectivity index (χ0) is 15.7. The lowest BCUT2D eigenvalue weighted by atomic mass is 10.2. The highest BCUT2D eigenvalue weighted by atomic mass is 32.2. The van der Waals surface area contributed by atoms with Gasteiger partial charge in [-0.15, -0.1) is 0 Å². The number of pyridine rings is 1. The molecule has 0 bridgehead atoms. The minimum Gasteiger partial charge on any atom is -0.331 e. The Balaban J connectivity index is 2.12. The van der Waals surface area contributed by atoms with Crippen molar-refractivity contribution in [3.05, 3.63) is 65.3 Å². The van der Waals surface area contributed by atoms with Crippen LogP contribution in [0.2, 0.25) is 0 Å². The number of hydrogen-bond acceptors (Lipinski definition) is 5. The molecule has 2 heterocycles. The minimum absolute atomic E-state index is 0.205. The zero-order valence-electron chi connectivity index (χ0n) is 11.6. The third kappa shape index (κ3) is 2.71. The third-order valence-corrected chi connectivity index (χ3v) is 4.26. The first kappa shape index (κ1) is 14.3. The Labute approximate surface area is 126 Å². The van der Waals surface area contributed by atoms with Gasteiger partial charge in [0.1, 0.15) is 0 Å². The Morgan fingerprint density at radius 1 is 1.05 bits per heavy atom. The molecule has 0 N–H and O–H groups in total. The van der Waals surface area contributed by atoms with Crippen molar-refractivity contribution in [2.75, 3.05) is 6.26 Å². The second-order valence-corrected chi connectivity index (χ2v) is 6.75. The molecule has 112 valence electrons. The van der Waals surface area contributed by atoms with Gasteiger partial charge in [-0.1, -0.05) is 0 Å². The average molecular weight is 316 g/mol. The van der Waals surface area contributed by atoms with Gasteiger partial charge in [0.05, 0.1) is 22.3 Å². The Morgan fingerprint density at radius 2 is 1.68 bits per heavy atom. The molecule has 6 nitrogen and oxygen atoms in total. The molecule has 0 saturated carbocycles. The second-order valence-electron chi connectivity index (χ2n) is 4.74. The molecular formula is C15H12N2O4S. The minimum atomic E-state index is -3.27. The van der Waals surface area contributed by atoms with E-state index in [2.05, 4.69) is 4.98 Å². The third-order valence-electron chi connectivity index (χ3n) is 3.13. The summed E-state index contributed by atoms with van der Waals surface area (Å²) < 4.78 is 29.5. The van der Waals surface area contributed by atoms with Gasteiger partial charge >= 0.3 is 5.63 Å². The van der Waals surface area contributed by atoms with Crippen molar-refractivity contribution in [1.82, 2.24) is 9.72 Å². The van der Waals surface area contributed by atoms with Crippen LogP contribution in [-0.4, -0.2) is 24.4 Å². The van der Waals surface area contributed by atoms with E-state index in [9.17, 15) is 13.2 Å². The smallest absolute Gasteiger partial charge is 0.331 e. The summed E-state index contributed by atoms with van der Waals surface area (Å²) >= 11 is 0. The summed E-state index contributed by atoms with van der Waals surface area (Å²) in [5, 5.41) is 0. The molecule has 0 unspecified atom stereocenters. The summed E-state index contributed by atoms with van der Waals surface area (Å²) in [4.78, 5) is 15.7. The van der Waals surface area contributed by atoms with E-state index in [4.69, 9.17) is 4.52 Å². The molecule has 22 heavy (non-hydrogen) atoms. The summed E-state index contributed by atoms with van der Waals surface area (Å²) in [5.74, 6) is 0. The predicted molar refractivity (Wildman–Crippen MR) is 80.6 cm³/mol. The number of sulfone groups is 1. The summed E-state index contributed by atoms with van der Waals surface area (Å²) in [6, 6.07) is 11.0. The molecule has 0 saturated heterocycles. The van der Waals surface area contributed by atoms with Gasteiger partial charge in [0.25, 0.3) is 0 Å². The number of aromatic nitrogens is 2. The topological polar surface area (TPSA) is 82.2 Å². The molecule has 0 radical (unpaired) electrons. The Bertz CT molecular complexity index is 955. The molecule has 0 aliphatic rings. The van der Waals surface area contributed by atoms with Crippen LogP contribution in [0.1, 0.15) is 0 Å². The molecule has 0 amide bonds. The van der Waals surface area contributed by atoms with Gasteiger partial charge in [0, 0.05) is 24.2 Å². The van der Waals surface area contributed by atoms with Crippen LogP contribution in [0.15, 0.2) is 69.1 Å². The molecule has 3 aromatic rings. The van der Waals surface area contributed by atoms with E-state index in [0.717, 1.165) is 11.8 Å². The van der Waals surface area contributed by atoms with Crippen LogP contribution in [-0.2, 0) is 9.84 Å². The van der Waals surface area contributed by atoms with Gasteiger partial charge < -0.3 is 4.52 Å². The van der Waals surface area contributed by atoms with Crippen LogP contribution < -0.4 is 5.63 Å². The van der Waals surface area contributed by atoms with Crippen molar-refractivity contribution in [2.24, 2.45) is 0 Å². The van der Waals surface area contributed by atoms with Crippen LogP contribution in [0.25, 0.3) is 16.9 Å². The van der Waals surface area contributed by atoms with Crippen LogP contribution in [0.4, 0.5) is 0 Å². The lowest BCUT2D eigenvalue weighted by Crippen LogP contribution is -2.00. The Morgan fingerprint density at radius 3 is 2.27 bits per heavy atom. The SMILES string of the molecule is CS(=O)(=O)c1ccc(-n2oc(=O)cc2-c2ccncc2)cc1. The molecule has 0 aliphatic heterocycles. The van der Waals surface area contributed by atoms with Crippen LogP contribution in [0.3, 0.4) is 0 Å². The molecule has 1 aromatic carbocycles. The number of benzene rings is 1. The van der Waals surface area contributed by atoms with Gasteiger partial charge in [0.2, 0.25) is 0 Å². The van der Waals surface area contributed by atoms with E-state index in [-0.39, 0.29) is 4.90 Å². The molecule has 0 atom stereocenters. The predicted octanol–water partition coefficient (Wildman–Crippen LogP) is 1.90. The van der Waals surface area contributed by atoms with Crippen LogP contribution >= 0.6 is 0 Å². The zero-order valence-corrected chi connectivity index (χ0v) is 12.4. The van der Waals surface area contributed by atoms with Gasteiger partial charge in [-0.3, -0.25) is 4.98 Å². The molecule has 0 aliphatic carbocycles. The highest BCUT2D eigenvalue weighted by Gasteiger charge is 2.12. The van der Waals surface area contributed by atoms with E-state index in [1.807, 2.05) is 0 Å². The van der Waals surface area contributed by atoms with Crippen molar-refractivity contribution < 1.29 is 12.9 Å². The quantitative estimate of drug-likeness (QED) is 0.737. The van der Waals surface area contributed by atoms with Crippen LogP contribution in [0, 0.1) is 0 Å². The largest absolute Gasteiger partial charge is 0.358 e. The molecular weight excluding hydrogens is 304 g/mol. The van der Waals surface area contributed by atoms with Gasteiger partial charge in [-0.2, -0.15) is 4.74 Å². The lowest BCUT2D eigenvalue weighted by molar-refractivity contribution is 0.326. The molecule has 0 spiro atoms. The monoisotopic (exact) mass is 316 g/mol. The maximum absolute atomic E-state index is 11.6. The fourth-order valence-electron chi connectivity index (χ4n) is 2.08. The maximum Gasteiger partial charge on any atom is 0.358 e. The van der Waals surface area contributed by atoms with Crippen LogP contribution in [0.5, 0.6) is 0 Å². The lowest BCUT2D eigenvalue weighted by Gasteiger charge is -2.07. The summed E-state index contributed by atoms with van der Waals surface area (Å²) in [7, 11) is -3.27. The summed E-state index contributed by atoms with van der Waals surface area (Å²) in [6.07, 6.45) is 4.37. The van der Waals surface area contributed by atoms with Gasteiger partial charge in [-0.05, 0) is 36.4 Å². The van der Waals surface area contributed by atoms with Crippen molar-refractivity contribution in [3.63, 3.8) is 0 Å². The van der Waals surface area contributed by atoms with Crippen molar-refractivity contribution in [1.29, 1.82) is 0 Å². The summed E-state index contributed by atoms with van der Waals surface area (Å²) in [6.45, 7) is 0. The van der Waals surface area contributed by atoms with E-state index >= 15 is 0 Å². The normalized spacial score (nSPS) is 11.5. The Hall–Kier alpha value is -2.67. The maximum atomic E-state index is 11.6. The number of nitrogens with zero attached hydrogens (tertiary/aromatic N) is 2. The van der Waals surface area contributed by atoms with Gasteiger partial charge in [-0.25, -0.2) is 13.2 Å².